The van der Waals surface area contributed by atoms with Crippen LogP contribution in [-0.2, 0) is 16.6 Å². The summed E-state index contributed by atoms with van der Waals surface area (Å²) in [6.07, 6.45) is 1.60. The van der Waals surface area contributed by atoms with Gasteiger partial charge in [-0.15, -0.1) is 0 Å². The third-order valence-corrected chi connectivity index (χ3v) is 8.72. The van der Waals surface area contributed by atoms with Gasteiger partial charge in [0.05, 0.1) is 23.3 Å². The number of carbonyl (C=O) groups is 1. The average molecular weight is 589 g/mol. The van der Waals surface area contributed by atoms with E-state index >= 15 is 0 Å². The molecule has 0 unspecified atom stereocenters. The predicted octanol–water partition coefficient (Wildman–Crippen LogP) is 6.65. The summed E-state index contributed by atoms with van der Waals surface area (Å²) in [5, 5.41) is 4.53. The van der Waals surface area contributed by atoms with Gasteiger partial charge in [0, 0.05) is 29.4 Å². The van der Waals surface area contributed by atoms with Gasteiger partial charge in [0.2, 0.25) is 0 Å². The Bertz CT molecular complexity index is 1600. The Balaban J connectivity index is 1.49. The van der Waals surface area contributed by atoms with Gasteiger partial charge < -0.3 is 4.90 Å². The summed E-state index contributed by atoms with van der Waals surface area (Å²) in [4.78, 5) is 15.1. The molecule has 7 nitrogen and oxygen atoms in total. The molecular weight excluding hydrogens is 556 g/mol. The second-order valence-corrected chi connectivity index (χ2v) is 11.7. The number of aryl methyl sites for hydroxylation is 1. The van der Waals surface area contributed by atoms with E-state index in [2.05, 4.69) is 29.3 Å². The number of nitrogens with zero attached hydrogens (tertiary/aromatic N) is 3. The van der Waals surface area contributed by atoms with Crippen molar-refractivity contribution in [1.82, 2.24) is 5.43 Å². The number of nitrogens with one attached hydrogen (secondary N) is 1. The van der Waals surface area contributed by atoms with Gasteiger partial charge >= 0.3 is 0 Å². The molecule has 41 heavy (non-hydrogen) atoms. The fourth-order valence-electron chi connectivity index (χ4n) is 4.39. The first-order valence-corrected chi connectivity index (χ1v) is 15.2. The second kappa shape index (κ2) is 13.5. The van der Waals surface area contributed by atoms with Crippen molar-refractivity contribution in [3.63, 3.8) is 0 Å². The molecule has 0 bridgehead atoms. The van der Waals surface area contributed by atoms with Gasteiger partial charge in [0.25, 0.3) is 15.9 Å². The molecule has 0 saturated heterocycles. The number of carbonyl (C=O) groups excluding carboxylic acids is 1. The molecule has 4 aromatic rings. The van der Waals surface area contributed by atoms with E-state index in [9.17, 15) is 13.2 Å². The van der Waals surface area contributed by atoms with Crippen LogP contribution in [0.5, 0.6) is 0 Å². The molecule has 4 aromatic carbocycles. The SMILES string of the molecule is CCN(CC)c1ccc(/C=N\NC(=O)c2ccc(CN(c3cc(Cl)ccc3C)S(=O)(=O)c3ccccc3)cc2)cc1. The number of amides is 1. The number of benzene rings is 4. The quantitative estimate of drug-likeness (QED) is 0.157. The molecule has 1 N–H and O–H groups in total. The minimum Gasteiger partial charge on any atom is -0.372 e. The Morgan fingerprint density at radius 1 is 0.902 bits per heavy atom. The monoisotopic (exact) mass is 588 g/mol. The standard InChI is InChI=1S/C32H33ClN4O3S/c1-4-36(5-2)29-19-14-25(15-20-29)22-34-35-32(38)27-16-12-26(13-17-27)23-37(31-21-28(33)18-11-24(31)3)41(39,40)30-9-7-6-8-10-30/h6-22H,4-5,23H2,1-3H3,(H,35,38)/b34-22-. The lowest BCUT2D eigenvalue weighted by molar-refractivity contribution is 0.0955. The number of hydrogen-bond acceptors (Lipinski definition) is 5. The maximum Gasteiger partial charge on any atom is 0.271 e. The van der Waals surface area contributed by atoms with Crippen molar-refractivity contribution in [2.75, 3.05) is 22.3 Å². The molecular formula is C32H33ClN4O3S. The third kappa shape index (κ3) is 7.34. The lowest BCUT2D eigenvalue weighted by Crippen LogP contribution is -2.31. The van der Waals surface area contributed by atoms with E-state index in [1.54, 1.807) is 79.0 Å². The van der Waals surface area contributed by atoms with Crippen LogP contribution >= 0.6 is 11.6 Å². The van der Waals surface area contributed by atoms with E-state index in [4.69, 9.17) is 11.6 Å². The Hall–Kier alpha value is -4.14. The van der Waals surface area contributed by atoms with Gasteiger partial charge in [0.15, 0.2) is 0 Å². The van der Waals surface area contributed by atoms with Crippen LogP contribution in [0.1, 0.15) is 40.9 Å². The molecule has 0 aromatic heterocycles. The Labute approximate surface area is 247 Å². The summed E-state index contributed by atoms with van der Waals surface area (Å²) in [7, 11) is -3.89. The van der Waals surface area contributed by atoms with Gasteiger partial charge in [-0.05, 0) is 86.0 Å². The van der Waals surface area contributed by atoms with Crippen molar-refractivity contribution < 1.29 is 13.2 Å². The molecule has 1 amide bonds. The Morgan fingerprint density at radius 2 is 1.56 bits per heavy atom. The number of hydrogen-bond donors (Lipinski definition) is 1. The van der Waals surface area contributed by atoms with Crippen LogP contribution in [-0.4, -0.2) is 33.6 Å². The molecule has 0 aliphatic carbocycles. The van der Waals surface area contributed by atoms with Gasteiger partial charge in [-0.3, -0.25) is 9.10 Å². The van der Waals surface area contributed by atoms with Crippen molar-refractivity contribution in [3.05, 3.63) is 124 Å². The maximum absolute atomic E-state index is 13.7. The predicted molar refractivity (Wildman–Crippen MR) is 168 cm³/mol. The number of sulfonamides is 1. The normalized spacial score (nSPS) is 11.4. The van der Waals surface area contributed by atoms with E-state index in [0.717, 1.165) is 29.9 Å². The first kappa shape index (κ1) is 29.8. The van der Waals surface area contributed by atoms with E-state index < -0.39 is 10.0 Å². The van der Waals surface area contributed by atoms with Crippen LogP contribution in [0.15, 0.2) is 107 Å². The molecule has 0 radical (unpaired) electrons. The minimum absolute atomic E-state index is 0.0575. The van der Waals surface area contributed by atoms with Crippen LogP contribution in [0.4, 0.5) is 11.4 Å². The van der Waals surface area contributed by atoms with Gasteiger partial charge in [-0.25, -0.2) is 13.8 Å². The molecule has 0 fully saturated rings. The van der Waals surface area contributed by atoms with Crippen LogP contribution in [0.25, 0.3) is 0 Å². The topological polar surface area (TPSA) is 82.1 Å². The van der Waals surface area contributed by atoms with Gasteiger partial charge in [-0.2, -0.15) is 5.10 Å². The second-order valence-electron chi connectivity index (χ2n) is 9.42. The summed E-state index contributed by atoms with van der Waals surface area (Å²) in [6.45, 7) is 7.99. The molecule has 0 aliphatic rings. The highest BCUT2D eigenvalue weighted by atomic mass is 35.5. The average Bonchev–Trinajstić information content (AvgIpc) is 2.99. The lowest BCUT2D eigenvalue weighted by Gasteiger charge is -2.26. The molecule has 212 valence electrons. The number of hydrazone groups is 1. The fraction of sp³-hybridized carbons (Fsp3) is 0.188. The van der Waals surface area contributed by atoms with E-state index in [1.165, 1.54) is 4.31 Å². The van der Waals surface area contributed by atoms with Gasteiger partial charge in [0.1, 0.15) is 0 Å². The fourth-order valence-corrected chi connectivity index (χ4v) is 6.08. The van der Waals surface area contributed by atoms with E-state index in [-0.39, 0.29) is 17.3 Å². The zero-order chi connectivity index (χ0) is 29.4. The van der Waals surface area contributed by atoms with Crippen LogP contribution in [0, 0.1) is 6.92 Å². The van der Waals surface area contributed by atoms with Crippen molar-refractivity contribution in [2.24, 2.45) is 5.10 Å². The first-order chi connectivity index (χ1) is 19.7. The number of rotatable bonds is 11. The summed E-state index contributed by atoms with van der Waals surface area (Å²) >= 11 is 6.25. The van der Waals surface area contributed by atoms with E-state index in [0.29, 0.717) is 21.8 Å². The van der Waals surface area contributed by atoms with Crippen molar-refractivity contribution in [3.8, 4) is 0 Å². The van der Waals surface area contributed by atoms with Crippen LogP contribution < -0.4 is 14.6 Å². The molecule has 4 rings (SSSR count). The number of halogens is 1. The molecule has 0 atom stereocenters. The molecule has 0 saturated carbocycles. The van der Waals surface area contributed by atoms with Crippen molar-refractivity contribution in [1.29, 1.82) is 0 Å². The summed E-state index contributed by atoms with van der Waals surface area (Å²) in [5.41, 5.74) is 6.92. The Morgan fingerprint density at radius 3 is 2.20 bits per heavy atom. The molecule has 9 heteroatoms. The molecule has 0 heterocycles. The smallest absolute Gasteiger partial charge is 0.271 e. The maximum atomic E-state index is 13.7. The molecule has 0 spiro atoms. The van der Waals surface area contributed by atoms with Gasteiger partial charge in [-0.1, -0.05) is 60.1 Å². The Kier molecular flexibility index (Phi) is 9.81. The first-order valence-electron chi connectivity index (χ1n) is 13.3. The van der Waals surface area contributed by atoms with Crippen LogP contribution in [0.3, 0.4) is 0 Å². The number of anilines is 2. The third-order valence-electron chi connectivity index (χ3n) is 6.71. The van der Waals surface area contributed by atoms with Crippen molar-refractivity contribution in [2.45, 2.75) is 32.2 Å². The lowest BCUT2D eigenvalue weighted by atomic mass is 10.1. The summed E-state index contributed by atoms with van der Waals surface area (Å²) in [6, 6.07) is 28.2. The summed E-state index contributed by atoms with van der Waals surface area (Å²) < 4.78 is 28.7. The molecule has 0 aliphatic heterocycles. The zero-order valence-corrected chi connectivity index (χ0v) is 24.9. The highest BCUT2D eigenvalue weighted by Gasteiger charge is 2.26. The van der Waals surface area contributed by atoms with Crippen molar-refractivity contribution >= 4 is 45.1 Å². The van der Waals surface area contributed by atoms with Crippen LogP contribution in [0.2, 0.25) is 5.02 Å². The largest absolute Gasteiger partial charge is 0.372 e. The van der Waals surface area contributed by atoms with E-state index in [1.807, 2.05) is 31.2 Å². The highest BCUT2D eigenvalue weighted by molar-refractivity contribution is 7.92. The zero-order valence-electron chi connectivity index (χ0n) is 23.3. The highest BCUT2D eigenvalue weighted by Crippen LogP contribution is 2.31. The minimum atomic E-state index is -3.89. The summed E-state index contributed by atoms with van der Waals surface area (Å²) in [5.74, 6) is -0.369.